The Morgan fingerprint density at radius 3 is 2.76 bits per heavy atom. The highest BCUT2D eigenvalue weighted by atomic mass is 35.5. The number of aliphatic hydroxyl groups excluding tert-OH is 1. The Labute approximate surface area is 109 Å². The molecule has 0 spiro atoms. The second kappa shape index (κ2) is 5.45. The average Bonchev–Trinajstić information content (AvgIpc) is 2.29. The van der Waals surface area contributed by atoms with Crippen LogP contribution in [-0.2, 0) is 6.42 Å². The monoisotopic (exact) mass is 268 g/mol. The number of hydrogen-bond donors (Lipinski definition) is 1. The molecule has 0 aliphatic rings. The van der Waals surface area contributed by atoms with E-state index in [9.17, 15) is 5.11 Å². The summed E-state index contributed by atoms with van der Waals surface area (Å²) < 4.78 is 0. The molecule has 0 radical (unpaired) electrons. The highest BCUT2D eigenvalue weighted by molar-refractivity contribution is 6.30. The molecule has 0 aliphatic carbocycles. The van der Waals surface area contributed by atoms with Crippen molar-refractivity contribution >= 4 is 23.2 Å². The molecular formula is C12H10Cl2N2O. The first-order valence-electron chi connectivity index (χ1n) is 5.06. The lowest BCUT2D eigenvalue weighted by Gasteiger charge is -2.10. The largest absolute Gasteiger partial charge is 0.388 e. The zero-order chi connectivity index (χ0) is 12.3. The van der Waals surface area contributed by atoms with Gasteiger partial charge in [0.05, 0.1) is 6.10 Å². The molecule has 0 saturated carbocycles. The zero-order valence-corrected chi connectivity index (χ0v) is 10.4. The van der Waals surface area contributed by atoms with Crippen LogP contribution < -0.4 is 0 Å². The van der Waals surface area contributed by atoms with E-state index in [2.05, 4.69) is 9.97 Å². The van der Waals surface area contributed by atoms with Crippen molar-refractivity contribution in [3.8, 4) is 0 Å². The highest BCUT2D eigenvalue weighted by Crippen LogP contribution is 2.20. The minimum absolute atomic E-state index is 0.181. The number of aliphatic hydroxyl groups is 1. The smallest absolute Gasteiger partial charge is 0.222 e. The third-order valence-electron chi connectivity index (χ3n) is 2.32. The number of hydrogen-bond acceptors (Lipinski definition) is 3. The highest BCUT2D eigenvalue weighted by Gasteiger charge is 2.10. The molecule has 0 saturated heterocycles. The van der Waals surface area contributed by atoms with Gasteiger partial charge in [0, 0.05) is 23.3 Å². The van der Waals surface area contributed by atoms with Crippen molar-refractivity contribution in [3.05, 3.63) is 58.1 Å². The van der Waals surface area contributed by atoms with Gasteiger partial charge in [0.25, 0.3) is 0 Å². The standard InChI is InChI=1S/C12H10Cl2N2O/c13-9-3-1-2-8(6-9)11(17)7-10-4-5-15-12(14)16-10/h1-6,11,17H,7H2. The van der Waals surface area contributed by atoms with Crippen molar-refractivity contribution in [1.82, 2.24) is 9.97 Å². The number of halogens is 2. The summed E-state index contributed by atoms with van der Waals surface area (Å²) in [6.45, 7) is 0. The van der Waals surface area contributed by atoms with E-state index in [1.54, 1.807) is 30.5 Å². The predicted octanol–water partition coefficient (Wildman–Crippen LogP) is 3.06. The minimum atomic E-state index is -0.653. The molecule has 1 aromatic carbocycles. The van der Waals surface area contributed by atoms with E-state index in [0.717, 1.165) is 5.56 Å². The van der Waals surface area contributed by atoms with E-state index in [0.29, 0.717) is 17.1 Å². The Balaban J connectivity index is 2.14. The number of nitrogens with zero attached hydrogens (tertiary/aromatic N) is 2. The van der Waals surface area contributed by atoms with Crippen LogP contribution in [-0.4, -0.2) is 15.1 Å². The fourth-order valence-electron chi connectivity index (χ4n) is 1.51. The Morgan fingerprint density at radius 2 is 2.06 bits per heavy atom. The van der Waals surface area contributed by atoms with Gasteiger partial charge in [-0.05, 0) is 35.4 Å². The molecule has 1 atom stereocenters. The summed E-state index contributed by atoms with van der Waals surface area (Å²) in [5.41, 5.74) is 1.45. The lowest BCUT2D eigenvalue weighted by molar-refractivity contribution is 0.177. The van der Waals surface area contributed by atoms with Crippen LogP contribution in [0.15, 0.2) is 36.5 Å². The summed E-state index contributed by atoms with van der Waals surface area (Å²) in [5.74, 6) is 0. The summed E-state index contributed by atoms with van der Waals surface area (Å²) >= 11 is 11.5. The van der Waals surface area contributed by atoms with E-state index >= 15 is 0 Å². The van der Waals surface area contributed by atoms with Gasteiger partial charge in [0.15, 0.2) is 0 Å². The van der Waals surface area contributed by atoms with Crippen LogP contribution in [0.4, 0.5) is 0 Å². The first-order valence-corrected chi connectivity index (χ1v) is 5.81. The summed E-state index contributed by atoms with van der Waals surface area (Å²) in [7, 11) is 0. The summed E-state index contributed by atoms with van der Waals surface area (Å²) in [6.07, 6.45) is 1.29. The van der Waals surface area contributed by atoms with Gasteiger partial charge in [-0.2, -0.15) is 0 Å². The van der Waals surface area contributed by atoms with Crippen molar-refractivity contribution in [2.24, 2.45) is 0 Å². The van der Waals surface area contributed by atoms with Crippen LogP contribution in [0.1, 0.15) is 17.4 Å². The van der Waals surface area contributed by atoms with E-state index in [1.807, 2.05) is 6.07 Å². The normalized spacial score (nSPS) is 12.4. The SMILES string of the molecule is OC(Cc1ccnc(Cl)n1)c1cccc(Cl)c1. The maximum Gasteiger partial charge on any atom is 0.222 e. The molecule has 2 rings (SSSR count). The second-order valence-corrected chi connectivity index (χ2v) is 4.37. The van der Waals surface area contributed by atoms with Gasteiger partial charge in [-0.3, -0.25) is 0 Å². The van der Waals surface area contributed by atoms with E-state index < -0.39 is 6.10 Å². The van der Waals surface area contributed by atoms with Crippen molar-refractivity contribution in [1.29, 1.82) is 0 Å². The first-order chi connectivity index (χ1) is 8.15. The lowest BCUT2D eigenvalue weighted by Crippen LogP contribution is -2.03. The average molecular weight is 269 g/mol. The molecular weight excluding hydrogens is 259 g/mol. The molecule has 5 heteroatoms. The zero-order valence-electron chi connectivity index (χ0n) is 8.85. The van der Waals surface area contributed by atoms with Gasteiger partial charge in [-0.25, -0.2) is 9.97 Å². The molecule has 0 bridgehead atoms. The van der Waals surface area contributed by atoms with Gasteiger partial charge in [0.2, 0.25) is 5.28 Å². The van der Waals surface area contributed by atoms with Crippen LogP contribution in [0.3, 0.4) is 0 Å². The van der Waals surface area contributed by atoms with Crippen molar-refractivity contribution < 1.29 is 5.11 Å². The van der Waals surface area contributed by atoms with Crippen LogP contribution in [0.5, 0.6) is 0 Å². The van der Waals surface area contributed by atoms with Crippen molar-refractivity contribution in [3.63, 3.8) is 0 Å². The molecule has 1 N–H and O–H groups in total. The van der Waals surface area contributed by atoms with Crippen LogP contribution in [0.25, 0.3) is 0 Å². The summed E-state index contributed by atoms with van der Waals surface area (Å²) in [6, 6.07) is 8.83. The maximum absolute atomic E-state index is 10.0. The summed E-state index contributed by atoms with van der Waals surface area (Å²) in [5, 5.41) is 10.8. The van der Waals surface area contributed by atoms with Gasteiger partial charge in [-0.1, -0.05) is 23.7 Å². The molecule has 1 aromatic heterocycles. The van der Waals surface area contributed by atoms with Crippen molar-refractivity contribution in [2.75, 3.05) is 0 Å². The minimum Gasteiger partial charge on any atom is -0.388 e. The molecule has 1 heterocycles. The number of rotatable bonds is 3. The Kier molecular flexibility index (Phi) is 3.94. The van der Waals surface area contributed by atoms with E-state index in [4.69, 9.17) is 23.2 Å². The molecule has 17 heavy (non-hydrogen) atoms. The number of benzene rings is 1. The van der Waals surface area contributed by atoms with Crippen LogP contribution in [0.2, 0.25) is 10.3 Å². The molecule has 1 unspecified atom stereocenters. The van der Waals surface area contributed by atoms with Gasteiger partial charge >= 0.3 is 0 Å². The molecule has 0 amide bonds. The van der Waals surface area contributed by atoms with E-state index in [-0.39, 0.29) is 5.28 Å². The van der Waals surface area contributed by atoms with Crippen LogP contribution in [0, 0.1) is 0 Å². The Morgan fingerprint density at radius 1 is 1.24 bits per heavy atom. The van der Waals surface area contributed by atoms with Gasteiger partial charge in [-0.15, -0.1) is 0 Å². The van der Waals surface area contributed by atoms with E-state index in [1.165, 1.54) is 0 Å². The first kappa shape index (κ1) is 12.3. The Hall–Kier alpha value is -1.16. The lowest BCUT2D eigenvalue weighted by atomic mass is 10.1. The molecule has 3 nitrogen and oxygen atoms in total. The third-order valence-corrected chi connectivity index (χ3v) is 2.74. The molecule has 2 aromatic rings. The Bertz CT molecular complexity index is 519. The molecule has 88 valence electrons. The van der Waals surface area contributed by atoms with Gasteiger partial charge in [0.1, 0.15) is 0 Å². The van der Waals surface area contributed by atoms with Gasteiger partial charge < -0.3 is 5.11 Å². The quantitative estimate of drug-likeness (QED) is 0.871. The maximum atomic E-state index is 10.0. The second-order valence-electron chi connectivity index (χ2n) is 3.59. The van der Waals surface area contributed by atoms with Crippen molar-refractivity contribution in [2.45, 2.75) is 12.5 Å². The topological polar surface area (TPSA) is 46.0 Å². The number of aromatic nitrogens is 2. The summed E-state index contributed by atoms with van der Waals surface area (Å²) in [4.78, 5) is 7.81. The van der Waals surface area contributed by atoms with Crippen LogP contribution >= 0.6 is 23.2 Å². The third kappa shape index (κ3) is 3.40. The molecule has 0 fully saturated rings. The molecule has 0 aliphatic heterocycles. The predicted molar refractivity (Wildman–Crippen MR) is 67.2 cm³/mol. The fraction of sp³-hybridized carbons (Fsp3) is 0.167. The fourth-order valence-corrected chi connectivity index (χ4v) is 1.88.